The van der Waals surface area contributed by atoms with Gasteiger partial charge in [-0.15, -0.1) is 0 Å². The molecule has 0 bridgehead atoms. The van der Waals surface area contributed by atoms with Gasteiger partial charge >= 0.3 is 0 Å². The van der Waals surface area contributed by atoms with E-state index >= 15 is 0 Å². The predicted molar refractivity (Wildman–Crippen MR) is 74.2 cm³/mol. The molecule has 3 heteroatoms. The second kappa shape index (κ2) is 5.60. The maximum absolute atomic E-state index is 13.0. The fourth-order valence-electron chi connectivity index (χ4n) is 1.69. The van der Waals surface area contributed by atoms with Crippen molar-refractivity contribution in [2.45, 2.75) is 12.5 Å². The third kappa shape index (κ3) is 3.51. The lowest BCUT2D eigenvalue weighted by molar-refractivity contribution is 0.178. The van der Waals surface area contributed by atoms with E-state index in [-0.39, 0.29) is 5.82 Å². The van der Waals surface area contributed by atoms with E-state index in [1.807, 2.05) is 30.3 Å². The molecule has 0 heterocycles. The number of rotatable bonds is 3. The maximum Gasteiger partial charge on any atom is 0.123 e. The fourth-order valence-corrected chi connectivity index (χ4v) is 2.05. The first-order chi connectivity index (χ1) is 8.15. The molecule has 2 rings (SSSR count). The summed E-state index contributed by atoms with van der Waals surface area (Å²) in [5, 5.41) is 10.0. The molecular weight excluding hydrogens is 330 g/mol. The molecule has 0 saturated heterocycles. The van der Waals surface area contributed by atoms with Crippen LogP contribution in [-0.4, -0.2) is 5.11 Å². The first kappa shape index (κ1) is 12.5. The molecule has 2 aromatic carbocycles. The third-order valence-corrected chi connectivity index (χ3v) is 3.29. The zero-order valence-electron chi connectivity index (χ0n) is 9.11. The lowest BCUT2D eigenvalue weighted by atomic mass is 10.0. The van der Waals surface area contributed by atoms with Crippen LogP contribution in [0.5, 0.6) is 0 Å². The third-order valence-electron chi connectivity index (χ3n) is 2.57. The summed E-state index contributed by atoms with van der Waals surface area (Å²) in [4.78, 5) is 0. The van der Waals surface area contributed by atoms with Crippen LogP contribution in [0.25, 0.3) is 0 Å². The van der Waals surface area contributed by atoms with Crippen molar-refractivity contribution < 1.29 is 9.50 Å². The normalized spacial score (nSPS) is 12.4. The largest absolute Gasteiger partial charge is 0.388 e. The van der Waals surface area contributed by atoms with Crippen molar-refractivity contribution in [1.82, 2.24) is 0 Å². The molecule has 88 valence electrons. The van der Waals surface area contributed by atoms with Gasteiger partial charge in [0.1, 0.15) is 5.82 Å². The lowest BCUT2D eigenvalue weighted by Crippen LogP contribution is -2.01. The van der Waals surface area contributed by atoms with Crippen molar-refractivity contribution in [2.24, 2.45) is 0 Å². The molecule has 0 radical (unpaired) electrons. The summed E-state index contributed by atoms with van der Waals surface area (Å²) in [7, 11) is 0. The van der Waals surface area contributed by atoms with E-state index in [0.29, 0.717) is 6.42 Å². The maximum atomic E-state index is 13.0. The number of aliphatic hydroxyl groups is 1. The van der Waals surface area contributed by atoms with E-state index in [9.17, 15) is 9.50 Å². The first-order valence-corrected chi connectivity index (χ1v) is 6.41. The van der Waals surface area contributed by atoms with Gasteiger partial charge in [0.15, 0.2) is 0 Å². The van der Waals surface area contributed by atoms with Gasteiger partial charge in [-0.1, -0.05) is 24.3 Å². The minimum Gasteiger partial charge on any atom is -0.388 e. The SMILES string of the molecule is OC(Cc1cccc(F)c1)c1ccc(I)cc1. The quantitative estimate of drug-likeness (QED) is 0.844. The molecular formula is C14H12FIO. The summed E-state index contributed by atoms with van der Waals surface area (Å²) in [6.45, 7) is 0. The molecule has 0 spiro atoms. The minimum absolute atomic E-state index is 0.266. The van der Waals surface area contributed by atoms with Crippen molar-refractivity contribution in [2.75, 3.05) is 0 Å². The smallest absolute Gasteiger partial charge is 0.123 e. The van der Waals surface area contributed by atoms with E-state index in [4.69, 9.17) is 0 Å². The van der Waals surface area contributed by atoms with Gasteiger partial charge in [0.25, 0.3) is 0 Å². The standard InChI is InChI=1S/C14H12FIO/c15-12-3-1-2-10(8-12)9-14(17)11-4-6-13(16)7-5-11/h1-8,14,17H,9H2. The molecule has 1 nitrogen and oxygen atoms in total. The molecule has 0 aliphatic carbocycles. The summed E-state index contributed by atoms with van der Waals surface area (Å²) in [5.41, 5.74) is 1.66. The highest BCUT2D eigenvalue weighted by molar-refractivity contribution is 14.1. The van der Waals surface area contributed by atoms with Crippen LogP contribution < -0.4 is 0 Å². The van der Waals surface area contributed by atoms with E-state index in [1.165, 1.54) is 12.1 Å². The Labute approximate surface area is 113 Å². The van der Waals surface area contributed by atoms with Crippen LogP contribution in [0.2, 0.25) is 0 Å². The average molecular weight is 342 g/mol. The van der Waals surface area contributed by atoms with Crippen LogP contribution in [0.15, 0.2) is 48.5 Å². The Kier molecular flexibility index (Phi) is 4.12. The summed E-state index contributed by atoms with van der Waals surface area (Å²) < 4.78 is 14.1. The van der Waals surface area contributed by atoms with E-state index in [0.717, 1.165) is 14.7 Å². The minimum atomic E-state index is -0.589. The van der Waals surface area contributed by atoms with Crippen LogP contribution in [0.1, 0.15) is 17.2 Å². The second-order valence-electron chi connectivity index (χ2n) is 3.90. The fraction of sp³-hybridized carbons (Fsp3) is 0.143. The highest BCUT2D eigenvalue weighted by atomic mass is 127. The zero-order valence-corrected chi connectivity index (χ0v) is 11.3. The zero-order chi connectivity index (χ0) is 12.3. The first-order valence-electron chi connectivity index (χ1n) is 5.33. The van der Waals surface area contributed by atoms with Gasteiger partial charge in [-0.2, -0.15) is 0 Å². The Morgan fingerprint density at radius 1 is 1.12 bits per heavy atom. The van der Waals surface area contributed by atoms with E-state index in [2.05, 4.69) is 22.6 Å². The van der Waals surface area contributed by atoms with Gasteiger partial charge in [-0.3, -0.25) is 0 Å². The van der Waals surface area contributed by atoms with Crippen LogP contribution in [0, 0.1) is 9.39 Å². The molecule has 0 aliphatic heterocycles. The number of aliphatic hydroxyl groups excluding tert-OH is 1. The molecule has 2 aromatic rings. The van der Waals surface area contributed by atoms with Crippen LogP contribution >= 0.6 is 22.6 Å². The molecule has 0 fully saturated rings. The number of halogens is 2. The van der Waals surface area contributed by atoms with Crippen LogP contribution in [-0.2, 0) is 6.42 Å². The van der Waals surface area contributed by atoms with Gasteiger partial charge in [0.2, 0.25) is 0 Å². The van der Waals surface area contributed by atoms with Crippen molar-refractivity contribution in [1.29, 1.82) is 0 Å². The van der Waals surface area contributed by atoms with E-state index in [1.54, 1.807) is 6.07 Å². The molecule has 0 aliphatic rings. The van der Waals surface area contributed by atoms with E-state index < -0.39 is 6.10 Å². The van der Waals surface area contributed by atoms with Gasteiger partial charge < -0.3 is 5.11 Å². The molecule has 1 unspecified atom stereocenters. The molecule has 1 N–H and O–H groups in total. The molecule has 0 saturated carbocycles. The Hall–Kier alpha value is -0.940. The highest BCUT2D eigenvalue weighted by Crippen LogP contribution is 2.19. The molecule has 17 heavy (non-hydrogen) atoms. The van der Waals surface area contributed by atoms with Crippen LogP contribution in [0.4, 0.5) is 4.39 Å². The van der Waals surface area contributed by atoms with Crippen molar-refractivity contribution in [3.8, 4) is 0 Å². The summed E-state index contributed by atoms with van der Waals surface area (Å²) in [6.07, 6.45) is -0.160. The number of hydrogen-bond donors (Lipinski definition) is 1. The molecule has 1 atom stereocenters. The lowest BCUT2D eigenvalue weighted by Gasteiger charge is -2.11. The Morgan fingerprint density at radius 3 is 2.47 bits per heavy atom. The highest BCUT2D eigenvalue weighted by Gasteiger charge is 2.08. The Balaban J connectivity index is 2.11. The van der Waals surface area contributed by atoms with Crippen molar-refractivity contribution >= 4 is 22.6 Å². The van der Waals surface area contributed by atoms with Gasteiger partial charge in [-0.25, -0.2) is 4.39 Å². The predicted octanol–water partition coefficient (Wildman–Crippen LogP) is 3.71. The van der Waals surface area contributed by atoms with Crippen molar-refractivity contribution in [3.63, 3.8) is 0 Å². The Morgan fingerprint density at radius 2 is 1.82 bits per heavy atom. The molecule has 0 amide bonds. The topological polar surface area (TPSA) is 20.2 Å². The number of hydrogen-bond acceptors (Lipinski definition) is 1. The van der Waals surface area contributed by atoms with Crippen molar-refractivity contribution in [3.05, 3.63) is 69.0 Å². The molecule has 0 aromatic heterocycles. The summed E-state index contributed by atoms with van der Waals surface area (Å²) in [5.74, 6) is -0.266. The summed E-state index contributed by atoms with van der Waals surface area (Å²) >= 11 is 2.22. The number of benzene rings is 2. The summed E-state index contributed by atoms with van der Waals surface area (Å²) in [6, 6.07) is 14.0. The van der Waals surface area contributed by atoms with Crippen LogP contribution in [0.3, 0.4) is 0 Å². The van der Waals surface area contributed by atoms with Gasteiger partial charge in [0.05, 0.1) is 6.10 Å². The van der Waals surface area contributed by atoms with Gasteiger partial charge in [-0.05, 0) is 58.0 Å². The monoisotopic (exact) mass is 342 g/mol. The van der Waals surface area contributed by atoms with Gasteiger partial charge in [0, 0.05) is 9.99 Å². The Bertz CT molecular complexity index is 496. The average Bonchev–Trinajstić information content (AvgIpc) is 2.29. The second-order valence-corrected chi connectivity index (χ2v) is 5.15.